The van der Waals surface area contributed by atoms with Crippen molar-refractivity contribution in [3.8, 4) is 5.69 Å². The Balaban J connectivity index is 1.40. The second-order valence-corrected chi connectivity index (χ2v) is 7.02. The van der Waals surface area contributed by atoms with Crippen LogP contribution in [0.3, 0.4) is 0 Å². The second kappa shape index (κ2) is 7.96. The van der Waals surface area contributed by atoms with Gasteiger partial charge in [-0.2, -0.15) is 4.68 Å². The third-order valence-electron chi connectivity index (χ3n) is 4.64. The standard InChI is InChI=1S/C19H16ClFN6O2/c20-13-4-6-15(7-5-13)26-11-12(8-18(26)28)19(29)22-10-17-23-24-25-27(17)16-3-1-2-14(21)9-16/h1-7,9,12H,8,10-11H2,(H,22,29). The molecule has 2 heterocycles. The maximum absolute atomic E-state index is 13.4. The van der Waals surface area contributed by atoms with Gasteiger partial charge in [0.1, 0.15) is 5.82 Å². The van der Waals surface area contributed by atoms with Crippen LogP contribution in [0.4, 0.5) is 10.1 Å². The molecule has 2 aromatic carbocycles. The van der Waals surface area contributed by atoms with Gasteiger partial charge in [-0.05, 0) is 52.9 Å². The van der Waals surface area contributed by atoms with Crippen LogP contribution in [0.25, 0.3) is 5.69 Å². The highest BCUT2D eigenvalue weighted by atomic mass is 35.5. The van der Waals surface area contributed by atoms with E-state index in [0.29, 0.717) is 22.2 Å². The first-order valence-corrected chi connectivity index (χ1v) is 9.26. The van der Waals surface area contributed by atoms with Gasteiger partial charge in [0, 0.05) is 23.7 Å². The molecule has 1 fully saturated rings. The van der Waals surface area contributed by atoms with Crippen LogP contribution in [-0.2, 0) is 16.1 Å². The van der Waals surface area contributed by atoms with Crippen LogP contribution in [0.2, 0.25) is 5.02 Å². The van der Waals surface area contributed by atoms with Gasteiger partial charge >= 0.3 is 0 Å². The van der Waals surface area contributed by atoms with Crippen molar-refractivity contribution in [3.05, 3.63) is 65.2 Å². The molecular weight excluding hydrogens is 399 g/mol. The molecule has 1 atom stereocenters. The Morgan fingerprint density at radius 3 is 2.76 bits per heavy atom. The molecular formula is C19H16ClFN6O2. The van der Waals surface area contributed by atoms with Crippen LogP contribution < -0.4 is 10.2 Å². The molecule has 1 aliphatic rings. The van der Waals surface area contributed by atoms with Gasteiger partial charge < -0.3 is 10.2 Å². The molecule has 1 N–H and O–H groups in total. The molecule has 1 unspecified atom stereocenters. The number of aromatic nitrogens is 4. The molecule has 0 aliphatic carbocycles. The van der Waals surface area contributed by atoms with Gasteiger partial charge in [0.05, 0.1) is 18.2 Å². The highest BCUT2D eigenvalue weighted by Gasteiger charge is 2.35. The maximum Gasteiger partial charge on any atom is 0.227 e. The summed E-state index contributed by atoms with van der Waals surface area (Å²) in [5.41, 5.74) is 1.15. The molecule has 0 spiro atoms. The smallest absolute Gasteiger partial charge is 0.227 e. The lowest BCUT2D eigenvalue weighted by Gasteiger charge is -2.16. The normalized spacial score (nSPS) is 16.3. The van der Waals surface area contributed by atoms with Crippen LogP contribution in [-0.4, -0.2) is 38.6 Å². The molecule has 1 saturated heterocycles. The number of rotatable bonds is 5. The van der Waals surface area contributed by atoms with Gasteiger partial charge in [-0.25, -0.2) is 4.39 Å². The minimum Gasteiger partial charge on any atom is -0.348 e. The van der Waals surface area contributed by atoms with Crippen molar-refractivity contribution in [1.29, 1.82) is 0 Å². The number of nitrogens with zero attached hydrogens (tertiary/aromatic N) is 5. The molecule has 0 radical (unpaired) electrons. The molecule has 8 nitrogen and oxygen atoms in total. The summed E-state index contributed by atoms with van der Waals surface area (Å²) in [6.07, 6.45) is 0.114. The molecule has 1 aliphatic heterocycles. The number of halogens is 2. The van der Waals surface area contributed by atoms with Crippen LogP contribution in [0.1, 0.15) is 12.2 Å². The number of carbonyl (C=O) groups excluding carboxylic acids is 2. The lowest BCUT2D eigenvalue weighted by atomic mass is 10.1. The first-order valence-electron chi connectivity index (χ1n) is 8.88. The predicted octanol–water partition coefficient (Wildman–Crippen LogP) is 2.12. The van der Waals surface area contributed by atoms with E-state index >= 15 is 0 Å². The summed E-state index contributed by atoms with van der Waals surface area (Å²) in [5, 5.41) is 14.6. The zero-order chi connectivity index (χ0) is 20.4. The minimum atomic E-state index is -0.489. The third-order valence-corrected chi connectivity index (χ3v) is 4.89. The maximum atomic E-state index is 13.4. The fourth-order valence-corrected chi connectivity index (χ4v) is 3.31. The number of anilines is 1. The molecule has 0 saturated carbocycles. The van der Waals surface area contributed by atoms with Crippen molar-refractivity contribution in [2.24, 2.45) is 5.92 Å². The van der Waals surface area contributed by atoms with E-state index in [1.807, 2.05) is 0 Å². The highest BCUT2D eigenvalue weighted by Crippen LogP contribution is 2.26. The summed E-state index contributed by atoms with van der Waals surface area (Å²) in [6.45, 7) is 0.328. The van der Waals surface area contributed by atoms with Gasteiger partial charge in [0.25, 0.3) is 0 Å². The van der Waals surface area contributed by atoms with E-state index in [1.165, 1.54) is 16.8 Å². The summed E-state index contributed by atoms with van der Waals surface area (Å²) in [7, 11) is 0. The van der Waals surface area contributed by atoms with E-state index in [0.717, 1.165) is 0 Å². The number of tetrazole rings is 1. The summed E-state index contributed by atoms with van der Waals surface area (Å²) >= 11 is 5.88. The van der Waals surface area contributed by atoms with Gasteiger partial charge in [0.15, 0.2) is 5.82 Å². The van der Waals surface area contributed by atoms with E-state index in [4.69, 9.17) is 11.6 Å². The molecule has 2 amide bonds. The zero-order valence-electron chi connectivity index (χ0n) is 15.1. The molecule has 4 rings (SSSR count). The van der Waals surface area contributed by atoms with E-state index < -0.39 is 11.7 Å². The van der Waals surface area contributed by atoms with E-state index in [9.17, 15) is 14.0 Å². The Bertz CT molecular complexity index is 1050. The van der Waals surface area contributed by atoms with Gasteiger partial charge in [-0.15, -0.1) is 5.10 Å². The van der Waals surface area contributed by atoms with Crippen LogP contribution >= 0.6 is 11.6 Å². The fourth-order valence-electron chi connectivity index (χ4n) is 3.19. The quantitative estimate of drug-likeness (QED) is 0.690. The highest BCUT2D eigenvalue weighted by molar-refractivity contribution is 6.30. The van der Waals surface area contributed by atoms with Crippen molar-refractivity contribution in [1.82, 2.24) is 25.5 Å². The SMILES string of the molecule is O=C(NCc1nnnn1-c1cccc(F)c1)C1CC(=O)N(c2ccc(Cl)cc2)C1. The Hall–Kier alpha value is -3.33. The monoisotopic (exact) mass is 414 g/mol. The molecule has 3 aromatic rings. The van der Waals surface area contributed by atoms with Crippen molar-refractivity contribution >= 4 is 29.1 Å². The first-order chi connectivity index (χ1) is 14.0. The lowest BCUT2D eigenvalue weighted by Crippen LogP contribution is -2.33. The lowest BCUT2D eigenvalue weighted by molar-refractivity contribution is -0.126. The average molecular weight is 415 g/mol. The summed E-state index contributed by atoms with van der Waals surface area (Å²) in [5.74, 6) is -0.958. The zero-order valence-corrected chi connectivity index (χ0v) is 15.9. The molecule has 0 bridgehead atoms. The van der Waals surface area contributed by atoms with E-state index in [-0.39, 0.29) is 31.3 Å². The van der Waals surface area contributed by atoms with E-state index in [2.05, 4.69) is 20.8 Å². The Morgan fingerprint density at radius 1 is 1.21 bits per heavy atom. The Kier molecular flexibility index (Phi) is 5.22. The Labute approximate surface area is 170 Å². The molecule has 29 heavy (non-hydrogen) atoms. The van der Waals surface area contributed by atoms with Crippen molar-refractivity contribution in [3.63, 3.8) is 0 Å². The topological polar surface area (TPSA) is 93.0 Å². The number of amides is 2. The van der Waals surface area contributed by atoms with Gasteiger partial charge in [-0.3, -0.25) is 9.59 Å². The van der Waals surface area contributed by atoms with Crippen molar-refractivity contribution in [2.45, 2.75) is 13.0 Å². The molecule has 148 valence electrons. The molecule has 10 heteroatoms. The van der Waals surface area contributed by atoms with E-state index in [1.54, 1.807) is 41.3 Å². The minimum absolute atomic E-state index is 0.0496. The third kappa shape index (κ3) is 4.09. The summed E-state index contributed by atoms with van der Waals surface area (Å²) in [6, 6.07) is 12.7. The number of carbonyl (C=O) groups is 2. The van der Waals surface area contributed by atoms with Crippen LogP contribution in [0.15, 0.2) is 48.5 Å². The van der Waals surface area contributed by atoms with Gasteiger partial charge in [0.2, 0.25) is 11.8 Å². The number of nitrogens with one attached hydrogen (secondary N) is 1. The van der Waals surface area contributed by atoms with Gasteiger partial charge in [-0.1, -0.05) is 17.7 Å². The largest absolute Gasteiger partial charge is 0.348 e. The second-order valence-electron chi connectivity index (χ2n) is 6.59. The average Bonchev–Trinajstić information content (AvgIpc) is 3.33. The number of benzene rings is 2. The first kappa shape index (κ1) is 19.0. The fraction of sp³-hybridized carbons (Fsp3) is 0.211. The summed E-state index contributed by atoms with van der Waals surface area (Å²) < 4.78 is 14.8. The summed E-state index contributed by atoms with van der Waals surface area (Å²) in [4.78, 5) is 26.5. The number of hydrogen-bond donors (Lipinski definition) is 1. The van der Waals surface area contributed by atoms with Crippen molar-refractivity contribution in [2.75, 3.05) is 11.4 Å². The Morgan fingerprint density at radius 2 is 2.00 bits per heavy atom. The van der Waals surface area contributed by atoms with Crippen LogP contribution in [0, 0.1) is 11.7 Å². The van der Waals surface area contributed by atoms with Crippen LogP contribution in [0.5, 0.6) is 0 Å². The number of hydrogen-bond acceptors (Lipinski definition) is 5. The molecule has 1 aromatic heterocycles. The van der Waals surface area contributed by atoms with Crippen molar-refractivity contribution < 1.29 is 14.0 Å². The predicted molar refractivity (Wildman–Crippen MR) is 103 cm³/mol.